The summed E-state index contributed by atoms with van der Waals surface area (Å²) >= 11 is 0. The summed E-state index contributed by atoms with van der Waals surface area (Å²) in [5, 5.41) is 0. The highest BCUT2D eigenvalue weighted by atomic mass is 16.5. The van der Waals surface area contributed by atoms with Crippen LogP contribution in [0.25, 0.3) is 0 Å². The molecule has 4 nitrogen and oxygen atoms in total. The van der Waals surface area contributed by atoms with Gasteiger partial charge in [-0.2, -0.15) is 0 Å². The van der Waals surface area contributed by atoms with E-state index in [4.69, 9.17) is 4.74 Å². The van der Waals surface area contributed by atoms with Crippen LogP contribution >= 0.6 is 0 Å². The van der Waals surface area contributed by atoms with Crippen LogP contribution in [-0.4, -0.2) is 51.7 Å². The van der Waals surface area contributed by atoms with Crippen molar-refractivity contribution in [1.82, 2.24) is 4.90 Å². The molecule has 4 heteroatoms. The zero-order chi connectivity index (χ0) is 13.8. The van der Waals surface area contributed by atoms with Gasteiger partial charge in [0, 0.05) is 51.5 Å². The number of anilines is 1. The predicted octanol–water partition coefficient (Wildman–Crippen LogP) is 1.86. The van der Waals surface area contributed by atoms with Crippen LogP contribution in [0.1, 0.15) is 16.8 Å². The van der Waals surface area contributed by atoms with Gasteiger partial charge in [0.1, 0.15) is 0 Å². The van der Waals surface area contributed by atoms with Gasteiger partial charge >= 0.3 is 0 Å². The number of rotatable bonds is 4. The molecule has 1 aliphatic rings. The summed E-state index contributed by atoms with van der Waals surface area (Å²) in [5.74, 6) is 0.605. The predicted molar refractivity (Wildman–Crippen MR) is 76.7 cm³/mol. The summed E-state index contributed by atoms with van der Waals surface area (Å²) < 4.78 is 5.17. The fraction of sp³-hybridized carbons (Fsp3) is 0.533. The molecule has 1 heterocycles. The SMILES string of the molecule is COC[C@@H]1CCN(C(=O)c2cccc(N(C)C)c2)C1. The quantitative estimate of drug-likeness (QED) is 0.830. The topological polar surface area (TPSA) is 32.8 Å². The molecule has 104 valence electrons. The van der Waals surface area contributed by atoms with Gasteiger partial charge in [0.2, 0.25) is 0 Å². The summed E-state index contributed by atoms with van der Waals surface area (Å²) in [4.78, 5) is 16.4. The standard InChI is InChI=1S/C15H22N2O2/c1-16(2)14-6-4-5-13(9-14)15(18)17-8-7-12(10-17)11-19-3/h4-6,9,12H,7-8,10-11H2,1-3H3/t12-/m1/s1. The van der Waals surface area contributed by atoms with Crippen molar-refractivity contribution in [3.8, 4) is 0 Å². The van der Waals surface area contributed by atoms with Crippen molar-refractivity contribution in [2.24, 2.45) is 5.92 Å². The third-order valence-electron chi connectivity index (χ3n) is 3.58. The number of amides is 1. The van der Waals surface area contributed by atoms with Gasteiger partial charge in [-0.25, -0.2) is 0 Å². The van der Waals surface area contributed by atoms with Gasteiger partial charge in [-0.15, -0.1) is 0 Å². The third-order valence-corrected chi connectivity index (χ3v) is 3.58. The molecule has 2 rings (SSSR count). The largest absolute Gasteiger partial charge is 0.384 e. The Morgan fingerprint density at radius 2 is 2.26 bits per heavy atom. The van der Waals surface area contributed by atoms with Gasteiger partial charge in [0.05, 0.1) is 6.61 Å². The fourth-order valence-electron chi connectivity index (χ4n) is 2.49. The maximum absolute atomic E-state index is 12.4. The van der Waals surface area contributed by atoms with Crippen molar-refractivity contribution in [1.29, 1.82) is 0 Å². The number of hydrogen-bond acceptors (Lipinski definition) is 3. The molecule has 1 atom stereocenters. The van der Waals surface area contributed by atoms with Gasteiger partial charge in [0.15, 0.2) is 0 Å². The Morgan fingerprint density at radius 3 is 2.95 bits per heavy atom. The molecular weight excluding hydrogens is 240 g/mol. The summed E-state index contributed by atoms with van der Waals surface area (Å²) in [6.45, 7) is 2.37. The molecule has 0 aromatic heterocycles. The average Bonchev–Trinajstić information content (AvgIpc) is 2.87. The van der Waals surface area contributed by atoms with Crippen LogP contribution in [0.4, 0.5) is 5.69 Å². The van der Waals surface area contributed by atoms with Crippen LogP contribution in [0.5, 0.6) is 0 Å². The molecule has 0 radical (unpaired) electrons. The summed E-state index contributed by atoms with van der Waals surface area (Å²) in [6, 6.07) is 7.78. The van der Waals surface area contributed by atoms with E-state index < -0.39 is 0 Å². The van der Waals surface area contributed by atoms with E-state index in [0.29, 0.717) is 5.92 Å². The fourth-order valence-corrected chi connectivity index (χ4v) is 2.49. The molecule has 19 heavy (non-hydrogen) atoms. The minimum Gasteiger partial charge on any atom is -0.384 e. The van der Waals surface area contributed by atoms with Gasteiger partial charge in [-0.1, -0.05) is 6.07 Å². The molecule has 0 unspecified atom stereocenters. The van der Waals surface area contributed by atoms with E-state index in [1.165, 1.54) is 0 Å². The number of ether oxygens (including phenoxy) is 1. The lowest BCUT2D eigenvalue weighted by atomic mass is 10.1. The third kappa shape index (κ3) is 3.26. The van der Waals surface area contributed by atoms with Gasteiger partial charge < -0.3 is 14.5 Å². The molecule has 0 bridgehead atoms. The smallest absolute Gasteiger partial charge is 0.253 e. The number of carbonyl (C=O) groups is 1. The Hall–Kier alpha value is -1.55. The molecule has 0 spiro atoms. The molecule has 1 saturated heterocycles. The van der Waals surface area contributed by atoms with E-state index in [9.17, 15) is 4.79 Å². The second-order valence-electron chi connectivity index (χ2n) is 5.31. The van der Waals surface area contributed by atoms with E-state index in [1.54, 1.807) is 7.11 Å². The Bertz CT molecular complexity index is 446. The minimum atomic E-state index is 0.127. The van der Waals surface area contributed by atoms with Crippen LogP contribution in [0.3, 0.4) is 0 Å². The molecule has 1 aromatic carbocycles. The van der Waals surface area contributed by atoms with Gasteiger partial charge in [0.25, 0.3) is 5.91 Å². The van der Waals surface area contributed by atoms with Crippen molar-refractivity contribution in [3.63, 3.8) is 0 Å². The van der Waals surface area contributed by atoms with Crippen LogP contribution in [0.15, 0.2) is 24.3 Å². The number of nitrogens with zero attached hydrogens (tertiary/aromatic N) is 2. The number of hydrogen-bond donors (Lipinski definition) is 0. The average molecular weight is 262 g/mol. The lowest BCUT2D eigenvalue weighted by Crippen LogP contribution is -2.29. The molecule has 1 aliphatic heterocycles. The number of benzene rings is 1. The second kappa shape index (κ2) is 6.06. The molecule has 1 amide bonds. The summed E-state index contributed by atoms with van der Waals surface area (Å²) in [7, 11) is 5.67. The van der Waals surface area contributed by atoms with Crippen LogP contribution in [0.2, 0.25) is 0 Å². The maximum Gasteiger partial charge on any atom is 0.253 e. The van der Waals surface area contributed by atoms with E-state index in [1.807, 2.05) is 48.2 Å². The number of carbonyl (C=O) groups excluding carboxylic acids is 1. The first-order valence-corrected chi connectivity index (χ1v) is 6.67. The molecular formula is C15H22N2O2. The first-order chi connectivity index (χ1) is 9.11. The Labute approximate surface area is 115 Å². The highest BCUT2D eigenvalue weighted by Gasteiger charge is 2.26. The van der Waals surface area contributed by atoms with Crippen LogP contribution in [-0.2, 0) is 4.74 Å². The lowest BCUT2D eigenvalue weighted by molar-refractivity contribution is 0.0775. The van der Waals surface area contributed by atoms with E-state index in [2.05, 4.69) is 0 Å². The molecule has 0 aliphatic carbocycles. The highest BCUT2D eigenvalue weighted by Crippen LogP contribution is 2.21. The Kier molecular flexibility index (Phi) is 4.43. The lowest BCUT2D eigenvalue weighted by Gasteiger charge is -2.18. The molecule has 1 aromatic rings. The van der Waals surface area contributed by atoms with E-state index in [-0.39, 0.29) is 5.91 Å². The van der Waals surface area contributed by atoms with E-state index in [0.717, 1.165) is 37.4 Å². The molecule has 1 fully saturated rings. The zero-order valence-electron chi connectivity index (χ0n) is 11.9. The van der Waals surface area contributed by atoms with Crippen LogP contribution < -0.4 is 4.90 Å². The van der Waals surface area contributed by atoms with E-state index >= 15 is 0 Å². The Morgan fingerprint density at radius 1 is 1.47 bits per heavy atom. The number of likely N-dealkylation sites (tertiary alicyclic amines) is 1. The van der Waals surface area contributed by atoms with Crippen molar-refractivity contribution in [3.05, 3.63) is 29.8 Å². The Balaban J connectivity index is 2.06. The first kappa shape index (κ1) is 13.9. The highest BCUT2D eigenvalue weighted by molar-refractivity contribution is 5.95. The van der Waals surface area contributed by atoms with Crippen molar-refractivity contribution >= 4 is 11.6 Å². The first-order valence-electron chi connectivity index (χ1n) is 6.67. The zero-order valence-corrected chi connectivity index (χ0v) is 11.9. The minimum absolute atomic E-state index is 0.127. The summed E-state index contributed by atoms with van der Waals surface area (Å²) in [6.07, 6.45) is 1.03. The van der Waals surface area contributed by atoms with Crippen LogP contribution in [0, 0.1) is 5.92 Å². The van der Waals surface area contributed by atoms with Crippen molar-refractivity contribution in [2.75, 3.05) is 45.8 Å². The molecule has 0 saturated carbocycles. The normalized spacial score (nSPS) is 18.7. The number of methoxy groups -OCH3 is 1. The summed E-state index contributed by atoms with van der Waals surface area (Å²) in [5.41, 5.74) is 1.82. The molecule has 0 N–H and O–H groups in total. The van der Waals surface area contributed by atoms with Gasteiger partial charge in [-0.3, -0.25) is 4.79 Å². The maximum atomic E-state index is 12.4. The van der Waals surface area contributed by atoms with Gasteiger partial charge in [-0.05, 0) is 24.6 Å². The second-order valence-corrected chi connectivity index (χ2v) is 5.31. The van der Waals surface area contributed by atoms with Crippen molar-refractivity contribution < 1.29 is 9.53 Å². The van der Waals surface area contributed by atoms with Crippen molar-refractivity contribution in [2.45, 2.75) is 6.42 Å². The monoisotopic (exact) mass is 262 g/mol.